The predicted octanol–water partition coefficient (Wildman–Crippen LogP) is 3.05. The normalized spacial score (nSPS) is 10.2. The molecule has 6 nitrogen and oxygen atoms in total. The molecule has 1 amide bonds. The molecule has 0 aliphatic carbocycles. The van der Waals surface area contributed by atoms with E-state index in [1.165, 1.54) is 13.3 Å². The number of hydrogen-bond donors (Lipinski definition) is 2. The van der Waals surface area contributed by atoms with Gasteiger partial charge >= 0.3 is 0 Å². The maximum Gasteiger partial charge on any atom is 0.257 e. The van der Waals surface area contributed by atoms with Crippen molar-refractivity contribution in [2.75, 3.05) is 38.0 Å². The molecule has 0 aliphatic heterocycles. The van der Waals surface area contributed by atoms with E-state index < -0.39 is 0 Å². The van der Waals surface area contributed by atoms with Gasteiger partial charge < -0.3 is 20.1 Å². The molecule has 7 heteroatoms. The van der Waals surface area contributed by atoms with Crippen molar-refractivity contribution in [3.63, 3.8) is 0 Å². The Morgan fingerprint density at radius 1 is 1.26 bits per heavy atom. The number of pyridine rings is 1. The van der Waals surface area contributed by atoms with Crippen LogP contribution < -0.4 is 15.4 Å². The monoisotopic (exact) mass is 335 g/mol. The number of nitrogens with one attached hydrogen (secondary N) is 2. The third-order valence-electron chi connectivity index (χ3n) is 3.05. The summed E-state index contributed by atoms with van der Waals surface area (Å²) in [6.07, 6.45) is 1.51. The molecule has 23 heavy (non-hydrogen) atoms. The number of carbonyl (C=O) groups excluding carboxylic acids is 1. The summed E-state index contributed by atoms with van der Waals surface area (Å²) in [6, 6.07) is 8.48. The molecule has 2 rings (SSSR count). The Balaban J connectivity index is 1.99. The van der Waals surface area contributed by atoms with Gasteiger partial charge in [0, 0.05) is 25.5 Å². The van der Waals surface area contributed by atoms with E-state index in [-0.39, 0.29) is 5.91 Å². The minimum atomic E-state index is -0.262. The number of nitrogens with zero attached hydrogens (tertiary/aromatic N) is 1. The zero-order chi connectivity index (χ0) is 16.7. The van der Waals surface area contributed by atoms with Gasteiger partial charge in [-0.15, -0.1) is 0 Å². The molecule has 0 bridgehead atoms. The fourth-order valence-electron chi connectivity index (χ4n) is 1.86. The molecule has 1 aromatic heterocycles. The Morgan fingerprint density at radius 2 is 2.09 bits per heavy atom. The van der Waals surface area contributed by atoms with Gasteiger partial charge in [0.25, 0.3) is 5.91 Å². The SMILES string of the molecule is COCCNc1ccc(C(=O)Nc2ccc(OC)c(Cl)c2)cn1. The van der Waals surface area contributed by atoms with Crippen molar-refractivity contribution >= 4 is 29.0 Å². The van der Waals surface area contributed by atoms with Crippen molar-refractivity contribution in [1.82, 2.24) is 4.98 Å². The van der Waals surface area contributed by atoms with Crippen molar-refractivity contribution in [2.24, 2.45) is 0 Å². The summed E-state index contributed by atoms with van der Waals surface area (Å²) in [7, 11) is 3.17. The first-order valence-corrected chi connectivity index (χ1v) is 7.35. The van der Waals surface area contributed by atoms with Crippen molar-refractivity contribution in [1.29, 1.82) is 0 Å². The van der Waals surface area contributed by atoms with Crippen LogP contribution in [0.4, 0.5) is 11.5 Å². The Hall–Kier alpha value is -2.31. The van der Waals surface area contributed by atoms with Crippen molar-refractivity contribution < 1.29 is 14.3 Å². The van der Waals surface area contributed by atoms with Gasteiger partial charge in [-0.3, -0.25) is 4.79 Å². The van der Waals surface area contributed by atoms with Gasteiger partial charge in [-0.2, -0.15) is 0 Å². The molecule has 0 saturated carbocycles. The minimum absolute atomic E-state index is 0.262. The van der Waals surface area contributed by atoms with Gasteiger partial charge in [0.1, 0.15) is 11.6 Å². The summed E-state index contributed by atoms with van der Waals surface area (Å²) < 4.78 is 10.0. The van der Waals surface area contributed by atoms with Gasteiger partial charge in [-0.05, 0) is 30.3 Å². The van der Waals surface area contributed by atoms with E-state index in [1.807, 2.05) is 0 Å². The predicted molar refractivity (Wildman–Crippen MR) is 90.6 cm³/mol. The van der Waals surface area contributed by atoms with Crippen LogP contribution in [0.25, 0.3) is 0 Å². The summed E-state index contributed by atoms with van der Waals surface area (Å²) >= 11 is 6.03. The number of hydrogen-bond acceptors (Lipinski definition) is 5. The molecule has 0 radical (unpaired) electrons. The standard InChI is InChI=1S/C16H18ClN3O3/c1-22-8-7-18-15-6-3-11(10-19-15)16(21)20-12-4-5-14(23-2)13(17)9-12/h3-6,9-10H,7-8H2,1-2H3,(H,18,19)(H,20,21). The van der Waals surface area contributed by atoms with Gasteiger partial charge in [0.05, 0.1) is 24.3 Å². The van der Waals surface area contributed by atoms with E-state index in [4.69, 9.17) is 21.1 Å². The van der Waals surface area contributed by atoms with E-state index in [2.05, 4.69) is 15.6 Å². The van der Waals surface area contributed by atoms with Crippen molar-refractivity contribution in [2.45, 2.75) is 0 Å². The average Bonchev–Trinajstić information content (AvgIpc) is 2.56. The Morgan fingerprint density at radius 3 is 2.70 bits per heavy atom. The highest BCUT2D eigenvalue weighted by Gasteiger charge is 2.08. The largest absolute Gasteiger partial charge is 0.495 e. The third-order valence-corrected chi connectivity index (χ3v) is 3.34. The highest BCUT2D eigenvalue weighted by molar-refractivity contribution is 6.32. The van der Waals surface area contributed by atoms with Crippen LogP contribution in [0.5, 0.6) is 5.75 Å². The Kier molecular flexibility index (Phi) is 6.19. The molecule has 1 heterocycles. The number of aromatic nitrogens is 1. The van der Waals surface area contributed by atoms with Gasteiger partial charge in [0.15, 0.2) is 0 Å². The number of rotatable bonds is 7. The number of methoxy groups -OCH3 is 2. The molecule has 2 aromatic rings. The van der Waals surface area contributed by atoms with Crippen LogP contribution in [-0.4, -0.2) is 38.3 Å². The first-order valence-electron chi connectivity index (χ1n) is 6.98. The van der Waals surface area contributed by atoms with Gasteiger partial charge in [-0.1, -0.05) is 11.6 Å². The summed E-state index contributed by atoms with van der Waals surface area (Å²) in [4.78, 5) is 16.4. The second-order valence-corrected chi connectivity index (χ2v) is 5.06. The zero-order valence-corrected chi connectivity index (χ0v) is 13.7. The molecule has 1 aromatic carbocycles. The fourth-order valence-corrected chi connectivity index (χ4v) is 2.12. The maximum atomic E-state index is 12.2. The first kappa shape index (κ1) is 17.1. The number of amides is 1. The van der Waals surface area contributed by atoms with Crippen LogP contribution in [0, 0.1) is 0 Å². The quantitative estimate of drug-likeness (QED) is 0.761. The van der Waals surface area contributed by atoms with Crippen molar-refractivity contribution in [3.05, 3.63) is 47.1 Å². The molecular formula is C16H18ClN3O3. The summed E-state index contributed by atoms with van der Waals surface area (Å²) in [5.41, 5.74) is 1.04. The van der Waals surface area contributed by atoms with Crippen LogP contribution >= 0.6 is 11.6 Å². The lowest BCUT2D eigenvalue weighted by Gasteiger charge is -2.09. The second kappa shape index (κ2) is 8.36. The summed E-state index contributed by atoms with van der Waals surface area (Å²) in [5, 5.41) is 6.28. The highest BCUT2D eigenvalue weighted by Crippen LogP contribution is 2.27. The number of carbonyl (C=O) groups is 1. The lowest BCUT2D eigenvalue weighted by Crippen LogP contribution is -2.13. The van der Waals surface area contributed by atoms with Crippen LogP contribution in [0.2, 0.25) is 5.02 Å². The van der Waals surface area contributed by atoms with Crippen LogP contribution in [0.15, 0.2) is 36.5 Å². The lowest BCUT2D eigenvalue weighted by atomic mass is 10.2. The molecule has 122 valence electrons. The molecular weight excluding hydrogens is 318 g/mol. The molecule has 0 fully saturated rings. The number of benzene rings is 1. The second-order valence-electron chi connectivity index (χ2n) is 4.66. The molecule has 0 spiro atoms. The van der Waals surface area contributed by atoms with Crippen LogP contribution in [-0.2, 0) is 4.74 Å². The highest BCUT2D eigenvalue weighted by atomic mass is 35.5. The average molecular weight is 336 g/mol. The smallest absolute Gasteiger partial charge is 0.257 e. The van der Waals surface area contributed by atoms with E-state index in [9.17, 15) is 4.79 Å². The van der Waals surface area contributed by atoms with E-state index >= 15 is 0 Å². The molecule has 0 atom stereocenters. The number of anilines is 2. The van der Waals surface area contributed by atoms with Crippen LogP contribution in [0.1, 0.15) is 10.4 Å². The lowest BCUT2D eigenvalue weighted by molar-refractivity contribution is 0.102. The maximum absolute atomic E-state index is 12.2. The first-order chi connectivity index (χ1) is 11.1. The molecule has 0 unspecified atom stereocenters. The molecule has 2 N–H and O–H groups in total. The van der Waals surface area contributed by atoms with E-state index in [0.29, 0.717) is 41.0 Å². The van der Waals surface area contributed by atoms with Crippen LogP contribution in [0.3, 0.4) is 0 Å². The molecule has 0 aliphatic rings. The van der Waals surface area contributed by atoms with Crippen molar-refractivity contribution in [3.8, 4) is 5.75 Å². The minimum Gasteiger partial charge on any atom is -0.495 e. The zero-order valence-electron chi connectivity index (χ0n) is 12.9. The Bertz CT molecular complexity index is 662. The number of halogens is 1. The summed E-state index contributed by atoms with van der Waals surface area (Å²) in [6.45, 7) is 1.24. The van der Waals surface area contributed by atoms with Gasteiger partial charge in [0.2, 0.25) is 0 Å². The fraction of sp³-hybridized carbons (Fsp3) is 0.250. The van der Waals surface area contributed by atoms with E-state index in [0.717, 1.165) is 0 Å². The third kappa shape index (κ3) is 4.84. The topological polar surface area (TPSA) is 72.5 Å². The molecule has 0 saturated heterocycles. The van der Waals surface area contributed by atoms with Gasteiger partial charge in [-0.25, -0.2) is 4.98 Å². The Labute approximate surface area is 139 Å². The summed E-state index contributed by atoms with van der Waals surface area (Å²) in [5.74, 6) is 0.978. The van der Waals surface area contributed by atoms with E-state index in [1.54, 1.807) is 37.4 Å². The number of ether oxygens (including phenoxy) is 2.